The van der Waals surface area contributed by atoms with E-state index in [0.717, 1.165) is 5.56 Å². The third kappa shape index (κ3) is 3.95. The van der Waals surface area contributed by atoms with Crippen molar-refractivity contribution < 1.29 is 18.3 Å². The molecule has 1 rings (SSSR count). The van der Waals surface area contributed by atoms with E-state index in [1.54, 1.807) is 12.1 Å². The van der Waals surface area contributed by atoms with Crippen molar-refractivity contribution in [3.63, 3.8) is 0 Å². The summed E-state index contributed by atoms with van der Waals surface area (Å²) in [6.07, 6.45) is 0.285. The van der Waals surface area contributed by atoms with Crippen LogP contribution in [0, 0.1) is 0 Å². The van der Waals surface area contributed by atoms with E-state index in [0.29, 0.717) is 4.47 Å². The summed E-state index contributed by atoms with van der Waals surface area (Å²) in [5.74, 6) is 0.0849. The Hall–Kier alpha value is -0.970. The maximum atomic E-state index is 11.9. The van der Waals surface area contributed by atoms with Gasteiger partial charge in [0.25, 0.3) is 0 Å². The van der Waals surface area contributed by atoms with E-state index in [4.69, 9.17) is 0 Å². The SMILES string of the molecule is CC(=O)Cc1ccc(OC(F)F)c(Br)c1. The van der Waals surface area contributed by atoms with Crippen molar-refractivity contribution in [3.8, 4) is 5.75 Å². The fraction of sp³-hybridized carbons (Fsp3) is 0.300. The Kier molecular flexibility index (Phi) is 4.20. The zero-order chi connectivity index (χ0) is 11.4. The van der Waals surface area contributed by atoms with Gasteiger partial charge in [0.15, 0.2) is 0 Å². The van der Waals surface area contributed by atoms with Crippen molar-refractivity contribution >= 4 is 21.7 Å². The minimum Gasteiger partial charge on any atom is -0.434 e. The molecule has 0 unspecified atom stereocenters. The van der Waals surface area contributed by atoms with Crippen LogP contribution >= 0.6 is 15.9 Å². The molecule has 1 aromatic carbocycles. The third-order valence-corrected chi connectivity index (χ3v) is 2.29. The first-order chi connectivity index (χ1) is 6.99. The third-order valence-electron chi connectivity index (χ3n) is 1.67. The predicted octanol–water partition coefficient (Wildman–Crippen LogP) is 3.18. The van der Waals surface area contributed by atoms with Crippen LogP contribution in [0.3, 0.4) is 0 Å². The number of rotatable bonds is 4. The first kappa shape index (κ1) is 12.1. The van der Waals surface area contributed by atoms with Crippen molar-refractivity contribution in [3.05, 3.63) is 28.2 Å². The van der Waals surface area contributed by atoms with Gasteiger partial charge in [-0.25, -0.2) is 0 Å². The highest BCUT2D eigenvalue weighted by Gasteiger charge is 2.09. The van der Waals surface area contributed by atoms with Gasteiger partial charge in [0, 0.05) is 6.42 Å². The minimum atomic E-state index is -2.85. The maximum absolute atomic E-state index is 11.9. The lowest BCUT2D eigenvalue weighted by Crippen LogP contribution is -2.03. The fourth-order valence-corrected chi connectivity index (χ4v) is 1.65. The van der Waals surface area contributed by atoms with Crippen molar-refractivity contribution in [1.29, 1.82) is 0 Å². The second-order valence-electron chi connectivity index (χ2n) is 3.02. The van der Waals surface area contributed by atoms with Crippen LogP contribution in [0.25, 0.3) is 0 Å². The van der Waals surface area contributed by atoms with E-state index in [2.05, 4.69) is 20.7 Å². The molecule has 0 aromatic heterocycles. The molecule has 0 aliphatic rings. The average molecular weight is 279 g/mol. The highest BCUT2D eigenvalue weighted by molar-refractivity contribution is 9.10. The van der Waals surface area contributed by atoms with Crippen molar-refractivity contribution in [2.24, 2.45) is 0 Å². The van der Waals surface area contributed by atoms with Crippen molar-refractivity contribution in [1.82, 2.24) is 0 Å². The number of alkyl halides is 2. The van der Waals surface area contributed by atoms with E-state index < -0.39 is 6.61 Å². The Morgan fingerprint density at radius 2 is 2.20 bits per heavy atom. The first-order valence-electron chi connectivity index (χ1n) is 4.21. The quantitative estimate of drug-likeness (QED) is 0.846. The number of carbonyl (C=O) groups excluding carboxylic acids is 1. The topological polar surface area (TPSA) is 26.3 Å². The molecule has 5 heteroatoms. The summed E-state index contributed by atoms with van der Waals surface area (Å²) in [6.45, 7) is -1.38. The number of benzene rings is 1. The number of ether oxygens (including phenoxy) is 1. The molecule has 0 atom stereocenters. The molecule has 0 bridgehead atoms. The number of hydrogen-bond acceptors (Lipinski definition) is 2. The van der Waals surface area contributed by atoms with Crippen LogP contribution in [0.5, 0.6) is 5.75 Å². The summed E-state index contributed by atoms with van der Waals surface area (Å²) in [4.78, 5) is 10.8. The predicted molar refractivity (Wildman–Crippen MR) is 55.2 cm³/mol. The molecule has 0 radical (unpaired) electrons. The Labute approximate surface area is 94.4 Å². The lowest BCUT2D eigenvalue weighted by atomic mass is 10.1. The molecular weight excluding hydrogens is 270 g/mol. The van der Waals surface area contributed by atoms with Crippen LogP contribution in [0.1, 0.15) is 12.5 Å². The van der Waals surface area contributed by atoms with Gasteiger partial charge >= 0.3 is 6.61 Å². The molecule has 0 saturated carbocycles. The van der Waals surface area contributed by atoms with Gasteiger partial charge in [0.1, 0.15) is 11.5 Å². The number of hydrogen-bond donors (Lipinski definition) is 0. The van der Waals surface area contributed by atoms with E-state index in [-0.39, 0.29) is 18.0 Å². The summed E-state index contributed by atoms with van der Waals surface area (Å²) < 4.78 is 28.5. The Morgan fingerprint density at radius 1 is 1.53 bits per heavy atom. The molecule has 0 aliphatic carbocycles. The summed E-state index contributed by atoms with van der Waals surface area (Å²) in [7, 11) is 0. The van der Waals surface area contributed by atoms with Gasteiger partial charge in [-0.2, -0.15) is 8.78 Å². The second kappa shape index (κ2) is 5.21. The van der Waals surface area contributed by atoms with Crippen LogP contribution in [0.2, 0.25) is 0 Å². The standard InChI is InChI=1S/C10H9BrF2O2/c1-6(14)4-7-2-3-9(8(11)5-7)15-10(12)13/h2-3,5,10H,4H2,1H3. The van der Waals surface area contributed by atoms with E-state index in [1.165, 1.54) is 13.0 Å². The number of ketones is 1. The smallest absolute Gasteiger partial charge is 0.387 e. The molecule has 0 saturated heterocycles. The lowest BCUT2D eigenvalue weighted by molar-refractivity contribution is -0.116. The Morgan fingerprint density at radius 3 is 2.67 bits per heavy atom. The Bertz CT molecular complexity index is 366. The van der Waals surface area contributed by atoms with Gasteiger partial charge in [-0.05, 0) is 40.5 Å². The highest BCUT2D eigenvalue weighted by Crippen LogP contribution is 2.27. The Balaban J connectivity index is 2.83. The van der Waals surface area contributed by atoms with Gasteiger partial charge in [0.2, 0.25) is 0 Å². The molecule has 0 heterocycles. The van der Waals surface area contributed by atoms with Crippen LogP contribution in [-0.2, 0) is 11.2 Å². The maximum Gasteiger partial charge on any atom is 0.387 e. The van der Waals surface area contributed by atoms with Gasteiger partial charge in [-0.3, -0.25) is 4.79 Å². The molecule has 0 amide bonds. The van der Waals surface area contributed by atoms with Crippen molar-refractivity contribution in [2.45, 2.75) is 20.0 Å². The molecule has 0 fully saturated rings. The van der Waals surface area contributed by atoms with Crippen LogP contribution in [0.4, 0.5) is 8.78 Å². The van der Waals surface area contributed by atoms with Gasteiger partial charge in [-0.1, -0.05) is 6.07 Å². The summed E-state index contributed by atoms with van der Waals surface area (Å²) in [6, 6.07) is 4.59. The summed E-state index contributed by atoms with van der Waals surface area (Å²) in [5, 5.41) is 0. The van der Waals surface area contributed by atoms with Gasteiger partial charge < -0.3 is 4.74 Å². The number of carbonyl (C=O) groups is 1. The highest BCUT2D eigenvalue weighted by atomic mass is 79.9. The molecule has 82 valence electrons. The van der Waals surface area contributed by atoms with Crippen LogP contribution in [0.15, 0.2) is 22.7 Å². The zero-order valence-corrected chi connectivity index (χ0v) is 9.55. The summed E-state index contributed by atoms with van der Waals surface area (Å²) in [5.41, 5.74) is 0.760. The molecule has 1 aromatic rings. The summed E-state index contributed by atoms with van der Waals surface area (Å²) >= 11 is 3.10. The minimum absolute atomic E-state index is 0.0180. The molecule has 0 aliphatic heterocycles. The van der Waals surface area contributed by atoms with Crippen molar-refractivity contribution in [2.75, 3.05) is 0 Å². The number of halogens is 3. The first-order valence-corrected chi connectivity index (χ1v) is 5.01. The lowest BCUT2D eigenvalue weighted by Gasteiger charge is -2.07. The molecular formula is C10H9BrF2O2. The average Bonchev–Trinajstić information content (AvgIpc) is 2.08. The fourth-order valence-electron chi connectivity index (χ4n) is 1.13. The zero-order valence-electron chi connectivity index (χ0n) is 7.97. The number of Topliss-reactive ketones (excluding diaryl/α,β-unsaturated/α-hetero) is 1. The van der Waals surface area contributed by atoms with E-state index in [9.17, 15) is 13.6 Å². The van der Waals surface area contributed by atoms with E-state index in [1.807, 2.05) is 0 Å². The largest absolute Gasteiger partial charge is 0.434 e. The normalized spacial score (nSPS) is 10.5. The van der Waals surface area contributed by atoms with Crippen LogP contribution < -0.4 is 4.74 Å². The van der Waals surface area contributed by atoms with Gasteiger partial charge in [-0.15, -0.1) is 0 Å². The second-order valence-corrected chi connectivity index (χ2v) is 3.88. The molecule has 15 heavy (non-hydrogen) atoms. The van der Waals surface area contributed by atoms with Gasteiger partial charge in [0.05, 0.1) is 4.47 Å². The van der Waals surface area contributed by atoms with E-state index >= 15 is 0 Å². The monoisotopic (exact) mass is 278 g/mol. The molecule has 0 N–H and O–H groups in total. The van der Waals surface area contributed by atoms with Crippen LogP contribution in [-0.4, -0.2) is 12.4 Å². The molecule has 2 nitrogen and oxygen atoms in total. The molecule has 0 spiro atoms.